The first-order valence-corrected chi connectivity index (χ1v) is 7.60. The molecule has 0 spiro atoms. The molecule has 21 heavy (non-hydrogen) atoms. The van der Waals surface area contributed by atoms with Crippen LogP contribution in [0.2, 0.25) is 0 Å². The van der Waals surface area contributed by atoms with E-state index in [0.717, 1.165) is 10.9 Å². The first kappa shape index (κ1) is 17.7. The topological polar surface area (TPSA) is 58.6 Å². The number of amides is 2. The molecule has 2 amide bonds. The lowest BCUT2D eigenvalue weighted by Crippen LogP contribution is -2.33. The highest BCUT2D eigenvalue weighted by molar-refractivity contribution is 9.10. The maximum absolute atomic E-state index is 11.9. The maximum atomic E-state index is 11.9. The fraction of sp³-hybridized carbons (Fsp3) is 0.467. The van der Waals surface area contributed by atoms with Crippen LogP contribution in [0.3, 0.4) is 0 Å². The molecule has 0 bridgehead atoms. The third-order valence-corrected chi connectivity index (χ3v) is 3.53. The number of hydrogen-bond donors (Lipinski definition) is 1. The Kier molecular flexibility index (Phi) is 8.00. The van der Waals surface area contributed by atoms with Crippen molar-refractivity contribution in [2.24, 2.45) is 0 Å². The van der Waals surface area contributed by atoms with Crippen molar-refractivity contribution in [3.8, 4) is 0 Å². The molecule has 0 aliphatic carbocycles. The summed E-state index contributed by atoms with van der Waals surface area (Å²) in [5, 5.41) is 2.75. The molecule has 1 rings (SSSR count). The van der Waals surface area contributed by atoms with E-state index < -0.39 is 0 Å². The summed E-state index contributed by atoms with van der Waals surface area (Å²) >= 11 is 3.32. The standard InChI is InChI=1S/C15H21BrN2O3/c1-18(10-3-11-21-2)14(19)8-9-17-15(20)12-4-6-13(16)7-5-12/h4-7H,3,8-11H2,1-2H3,(H,17,20). The van der Waals surface area contributed by atoms with Crippen LogP contribution in [0.4, 0.5) is 0 Å². The van der Waals surface area contributed by atoms with Gasteiger partial charge in [0.05, 0.1) is 0 Å². The summed E-state index contributed by atoms with van der Waals surface area (Å²) in [6, 6.07) is 7.09. The van der Waals surface area contributed by atoms with Crippen LogP contribution in [-0.2, 0) is 9.53 Å². The third kappa shape index (κ3) is 6.73. The van der Waals surface area contributed by atoms with Crippen molar-refractivity contribution in [2.75, 3.05) is 33.9 Å². The third-order valence-electron chi connectivity index (χ3n) is 3.00. The molecule has 0 aliphatic heterocycles. The molecule has 0 fully saturated rings. The van der Waals surface area contributed by atoms with E-state index in [1.807, 2.05) is 12.1 Å². The largest absolute Gasteiger partial charge is 0.385 e. The lowest BCUT2D eigenvalue weighted by molar-refractivity contribution is -0.129. The number of hydrogen-bond acceptors (Lipinski definition) is 3. The van der Waals surface area contributed by atoms with Gasteiger partial charge in [-0.3, -0.25) is 9.59 Å². The predicted molar refractivity (Wildman–Crippen MR) is 85.2 cm³/mol. The summed E-state index contributed by atoms with van der Waals surface area (Å²) in [6.45, 7) is 1.63. The number of nitrogens with zero attached hydrogens (tertiary/aromatic N) is 1. The highest BCUT2D eigenvalue weighted by Gasteiger charge is 2.10. The van der Waals surface area contributed by atoms with E-state index in [9.17, 15) is 9.59 Å². The van der Waals surface area contributed by atoms with Gasteiger partial charge < -0.3 is 15.0 Å². The predicted octanol–water partition coefficient (Wildman–Crippen LogP) is 2.06. The van der Waals surface area contributed by atoms with Gasteiger partial charge in [-0.15, -0.1) is 0 Å². The molecule has 1 aromatic rings. The van der Waals surface area contributed by atoms with Crippen LogP contribution in [-0.4, -0.2) is 50.6 Å². The minimum atomic E-state index is -0.169. The molecule has 0 aliphatic rings. The van der Waals surface area contributed by atoms with Crippen LogP contribution in [0.25, 0.3) is 0 Å². The van der Waals surface area contributed by atoms with E-state index in [1.54, 1.807) is 31.2 Å². The SMILES string of the molecule is COCCCN(C)C(=O)CCNC(=O)c1ccc(Br)cc1. The van der Waals surface area contributed by atoms with Crippen molar-refractivity contribution < 1.29 is 14.3 Å². The van der Waals surface area contributed by atoms with E-state index in [1.165, 1.54) is 0 Å². The summed E-state index contributed by atoms with van der Waals surface area (Å²) in [5.74, 6) is -0.153. The molecule has 0 unspecified atom stereocenters. The summed E-state index contributed by atoms with van der Waals surface area (Å²) in [6.07, 6.45) is 1.11. The average Bonchev–Trinajstić information content (AvgIpc) is 2.47. The van der Waals surface area contributed by atoms with Crippen LogP contribution in [0, 0.1) is 0 Å². The Hall–Kier alpha value is -1.40. The molecule has 0 atom stereocenters. The van der Waals surface area contributed by atoms with Gasteiger partial charge in [0, 0.05) is 50.3 Å². The number of benzene rings is 1. The number of carbonyl (C=O) groups is 2. The van der Waals surface area contributed by atoms with E-state index in [0.29, 0.717) is 31.7 Å². The minimum absolute atomic E-state index is 0.0159. The van der Waals surface area contributed by atoms with Gasteiger partial charge in [0.15, 0.2) is 0 Å². The second-order valence-electron chi connectivity index (χ2n) is 4.67. The zero-order valence-corrected chi connectivity index (χ0v) is 14.0. The van der Waals surface area contributed by atoms with Crippen molar-refractivity contribution in [1.29, 1.82) is 0 Å². The van der Waals surface area contributed by atoms with Gasteiger partial charge in [0.2, 0.25) is 5.91 Å². The molecule has 116 valence electrons. The van der Waals surface area contributed by atoms with E-state index in [-0.39, 0.29) is 11.8 Å². The number of halogens is 1. The van der Waals surface area contributed by atoms with Gasteiger partial charge in [0.1, 0.15) is 0 Å². The first-order valence-electron chi connectivity index (χ1n) is 6.81. The normalized spacial score (nSPS) is 10.2. The molecule has 0 aromatic heterocycles. The van der Waals surface area contributed by atoms with Crippen LogP contribution >= 0.6 is 15.9 Å². The molecule has 1 aromatic carbocycles. The van der Waals surface area contributed by atoms with Crippen molar-refractivity contribution >= 4 is 27.7 Å². The quantitative estimate of drug-likeness (QED) is 0.725. The molecule has 6 heteroatoms. The Bertz CT molecular complexity index is 462. The number of rotatable bonds is 8. The van der Waals surface area contributed by atoms with Gasteiger partial charge in [-0.1, -0.05) is 15.9 Å². The first-order chi connectivity index (χ1) is 10.0. The molecule has 0 radical (unpaired) electrons. The van der Waals surface area contributed by atoms with Crippen molar-refractivity contribution in [1.82, 2.24) is 10.2 Å². The Morgan fingerprint density at radius 2 is 1.95 bits per heavy atom. The number of carbonyl (C=O) groups excluding carboxylic acids is 2. The fourth-order valence-electron chi connectivity index (χ4n) is 1.75. The fourth-order valence-corrected chi connectivity index (χ4v) is 2.01. The van der Waals surface area contributed by atoms with Crippen molar-refractivity contribution in [3.63, 3.8) is 0 Å². The highest BCUT2D eigenvalue weighted by atomic mass is 79.9. The Morgan fingerprint density at radius 3 is 2.57 bits per heavy atom. The van der Waals surface area contributed by atoms with Gasteiger partial charge >= 0.3 is 0 Å². The van der Waals surface area contributed by atoms with Crippen LogP contribution in [0.15, 0.2) is 28.7 Å². The van der Waals surface area contributed by atoms with Crippen LogP contribution in [0.1, 0.15) is 23.2 Å². The minimum Gasteiger partial charge on any atom is -0.385 e. The monoisotopic (exact) mass is 356 g/mol. The molecule has 1 N–H and O–H groups in total. The molecule has 0 saturated heterocycles. The molecule has 5 nitrogen and oxygen atoms in total. The second-order valence-corrected chi connectivity index (χ2v) is 5.59. The van der Waals surface area contributed by atoms with E-state index in [2.05, 4.69) is 21.2 Å². The number of ether oxygens (including phenoxy) is 1. The number of nitrogens with one attached hydrogen (secondary N) is 1. The maximum Gasteiger partial charge on any atom is 0.251 e. The van der Waals surface area contributed by atoms with Gasteiger partial charge in [-0.25, -0.2) is 0 Å². The van der Waals surface area contributed by atoms with Crippen molar-refractivity contribution in [3.05, 3.63) is 34.3 Å². The molecular formula is C15H21BrN2O3. The summed E-state index contributed by atoms with van der Waals surface area (Å²) in [4.78, 5) is 25.3. The second kappa shape index (κ2) is 9.52. The Labute approximate surface area is 133 Å². The summed E-state index contributed by atoms with van der Waals surface area (Å²) in [5.41, 5.74) is 0.582. The molecular weight excluding hydrogens is 336 g/mol. The number of methoxy groups -OCH3 is 1. The lowest BCUT2D eigenvalue weighted by Gasteiger charge is -2.17. The van der Waals surface area contributed by atoms with E-state index >= 15 is 0 Å². The zero-order chi connectivity index (χ0) is 15.7. The van der Waals surface area contributed by atoms with Gasteiger partial charge in [0.25, 0.3) is 5.91 Å². The summed E-state index contributed by atoms with van der Waals surface area (Å²) in [7, 11) is 3.40. The van der Waals surface area contributed by atoms with Gasteiger partial charge in [-0.2, -0.15) is 0 Å². The summed E-state index contributed by atoms with van der Waals surface area (Å²) < 4.78 is 5.87. The molecule has 0 heterocycles. The van der Waals surface area contributed by atoms with Gasteiger partial charge in [-0.05, 0) is 30.7 Å². The Morgan fingerprint density at radius 1 is 1.29 bits per heavy atom. The van der Waals surface area contributed by atoms with E-state index in [4.69, 9.17) is 4.74 Å². The van der Waals surface area contributed by atoms with Crippen molar-refractivity contribution in [2.45, 2.75) is 12.8 Å². The zero-order valence-electron chi connectivity index (χ0n) is 12.4. The smallest absolute Gasteiger partial charge is 0.251 e. The van der Waals surface area contributed by atoms with Crippen LogP contribution in [0.5, 0.6) is 0 Å². The average molecular weight is 357 g/mol. The lowest BCUT2D eigenvalue weighted by atomic mass is 10.2. The highest BCUT2D eigenvalue weighted by Crippen LogP contribution is 2.10. The Balaban J connectivity index is 2.27. The molecule has 0 saturated carbocycles. The van der Waals surface area contributed by atoms with Crippen LogP contribution < -0.4 is 5.32 Å².